The SMILES string of the molecule is COc1nn(C)cc1Nc1nccc(-c2c[nH]c3c(NC(=O)[C@H]4CC(F)(F)CN4[C@@H]4CCN(C)C4)cccc23)n1. The van der Waals surface area contributed by atoms with Gasteiger partial charge in [0.1, 0.15) is 5.69 Å². The van der Waals surface area contributed by atoms with E-state index < -0.39 is 30.8 Å². The summed E-state index contributed by atoms with van der Waals surface area (Å²) in [6.07, 6.45) is 5.51. The second-order valence-corrected chi connectivity index (χ2v) is 10.5. The molecule has 2 aliphatic heterocycles. The first kappa shape index (κ1) is 26.1. The Morgan fingerprint density at radius 1 is 1.23 bits per heavy atom. The monoisotopic (exact) mass is 551 g/mol. The van der Waals surface area contributed by atoms with Crippen LogP contribution in [0.2, 0.25) is 0 Å². The van der Waals surface area contributed by atoms with Crippen LogP contribution < -0.4 is 15.4 Å². The second kappa shape index (κ2) is 10.1. The fraction of sp³-hybridized carbons (Fsp3) is 0.407. The number of carbonyl (C=O) groups excluding carboxylic acids is 1. The molecule has 40 heavy (non-hydrogen) atoms. The molecule has 3 N–H and O–H groups in total. The summed E-state index contributed by atoms with van der Waals surface area (Å²) in [6.45, 7) is 1.12. The lowest BCUT2D eigenvalue weighted by Gasteiger charge is -2.29. The summed E-state index contributed by atoms with van der Waals surface area (Å²) in [4.78, 5) is 29.4. The number of aryl methyl sites for hydroxylation is 1. The van der Waals surface area contributed by atoms with E-state index in [1.807, 2.05) is 25.4 Å². The smallest absolute Gasteiger partial charge is 0.262 e. The second-order valence-electron chi connectivity index (χ2n) is 10.5. The number of hydrogen-bond donors (Lipinski definition) is 3. The third kappa shape index (κ3) is 4.97. The maximum atomic E-state index is 14.5. The number of likely N-dealkylation sites (N-methyl/N-ethyl adjacent to an activating group) is 1. The molecule has 0 bridgehead atoms. The number of aromatic nitrogens is 5. The number of benzene rings is 1. The van der Waals surface area contributed by atoms with Crippen LogP contribution >= 0.6 is 0 Å². The van der Waals surface area contributed by atoms with E-state index in [1.165, 1.54) is 7.11 Å². The normalized spacial score (nSPS) is 21.2. The minimum atomic E-state index is -2.90. The molecule has 1 aromatic carbocycles. The molecule has 0 radical (unpaired) electrons. The van der Waals surface area contributed by atoms with Crippen molar-refractivity contribution >= 4 is 34.1 Å². The van der Waals surface area contributed by atoms with Gasteiger partial charge in [-0.1, -0.05) is 12.1 Å². The molecule has 3 aromatic heterocycles. The minimum absolute atomic E-state index is 0.0609. The number of ether oxygens (including phenoxy) is 1. The van der Waals surface area contributed by atoms with E-state index in [-0.39, 0.29) is 6.04 Å². The van der Waals surface area contributed by atoms with Crippen LogP contribution in [0.4, 0.5) is 26.1 Å². The summed E-state index contributed by atoms with van der Waals surface area (Å²) < 4.78 is 35.9. The number of nitrogens with zero attached hydrogens (tertiary/aromatic N) is 6. The van der Waals surface area contributed by atoms with Crippen LogP contribution in [0.15, 0.2) is 42.9 Å². The van der Waals surface area contributed by atoms with E-state index in [0.29, 0.717) is 41.0 Å². The largest absolute Gasteiger partial charge is 0.478 e. The van der Waals surface area contributed by atoms with E-state index in [1.54, 1.807) is 41.2 Å². The average Bonchev–Trinajstić information content (AvgIpc) is 3.69. The van der Waals surface area contributed by atoms with Gasteiger partial charge in [-0.05, 0) is 32.1 Å². The maximum absolute atomic E-state index is 14.5. The molecule has 0 spiro atoms. The number of aromatic amines is 1. The Bertz CT molecular complexity index is 1550. The fourth-order valence-electron chi connectivity index (χ4n) is 5.73. The summed E-state index contributed by atoms with van der Waals surface area (Å²) >= 11 is 0. The number of rotatable bonds is 7. The van der Waals surface area contributed by atoms with Crippen molar-refractivity contribution in [1.82, 2.24) is 34.5 Å². The highest BCUT2D eigenvalue weighted by Crippen LogP contribution is 2.37. The van der Waals surface area contributed by atoms with E-state index >= 15 is 0 Å². The average molecular weight is 552 g/mol. The first-order valence-electron chi connectivity index (χ1n) is 13.1. The zero-order chi connectivity index (χ0) is 28.0. The van der Waals surface area contributed by atoms with Crippen LogP contribution in [0.5, 0.6) is 5.88 Å². The zero-order valence-electron chi connectivity index (χ0n) is 22.5. The summed E-state index contributed by atoms with van der Waals surface area (Å²) in [6, 6.07) is 6.34. The highest BCUT2D eigenvalue weighted by Gasteiger charge is 2.50. The van der Waals surface area contributed by atoms with Gasteiger partial charge in [-0.3, -0.25) is 14.4 Å². The zero-order valence-corrected chi connectivity index (χ0v) is 22.5. The van der Waals surface area contributed by atoms with Gasteiger partial charge >= 0.3 is 0 Å². The lowest BCUT2D eigenvalue weighted by molar-refractivity contribution is -0.121. The van der Waals surface area contributed by atoms with Crippen LogP contribution in [0.3, 0.4) is 0 Å². The lowest BCUT2D eigenvalue weighted by atomic mass is 10.1. The van der Waals surface area contributed by atoms with Gasteiger partial charge in [-0.15, -0.1) is 5.10 Å². The van der Waals surface area contributed by atoms with Gasteiger partial charge in [-0.25, -0.2) is 18.7 Å². The van der Waals surface area contributed by atoms with Crippen molar-refractivity contribution in [3.05, 3.63) is 42.9 Å². The number of likely N-dealkylation sites (tertiary alicyclic amines) is 2. The van der Waals surface area contributed by atoms with Crippen LogP contribution in [0.25, 0.3) is 22.2 Å². The number of hydrogen-bond acceptors (Lipinski definition) is 8. The number of halogens is 2. The van der Waals surface area contributed by atoms with Crippen LogP contribution in [-0.4, -0.2) is 92.2 Å². The predicted molar refractivity (Wildman–Crippen MR) is 147 cm³/mol. The van der Waals surface area contributed by atoms with Gasteiger partial charge in [0, 0.05) is 49.4 Å². The molecule has 210 valence electrons. The van der Waals surface area contributed by atoms with Gasteiger partial charge in [-0.2, -0.15) is 0 Å². The highest BCUT2D eigenvalue weighted by atomic mass is 19.3. The van der Waals surface area contributed by atoms with Crippen molar-refractivity contribution < 1.29 is 18.3 Å². The van der Waals surface area contributed by atoms with Gasteiger partial charge < -0.3 is 25.3 Å². The molecule has 2 aliphatic rings. The number of H-pyrrole nitrogens is 1. The van der Waals surface area contributed by atoms with Crippen molar-refractivity contribution in [1.29, 1.82) is 0 Å². The third-order valence-corrected chi connectivity index (χ3v) is 7.58. The molecule has 1 amide bonds. The van der Waals surface area contributed by atoms with Crippen LogP contribution in [0, 0.1) is 0 Å². The Morgan fingerprint density at radius 3 is 2.85 bits per heavy atom. The summed E-state index contributed by atoms with van der Waals surface area (Å²) in [5, 5.41) is 11.1. The fourth-order valence-corrected chi connectivity index (χ4v) is 5.73. The van der Waals surface area contributed by atoms with Crippen molar-refractivity contribution in [3.8, 4) is 17.1 Å². The number of fused-ring (bicyclic) bond motifs is 1. The Labute approximate surface area is 229 Å². The molecular formula is C27H31F2N9O2. The van der Waals surface area contributed by atoms with E-state index in [9.17, 15) is 13.6 Å². The molecule has 0 aliphatic carbocycles. The molecule has 11 nitrogen and oxygen atoms in total. The topological polar surface area (TPSA) is 116 Å². The third-order valence-electron chi connectivity index (χ3n) is 7.58. The van der Waals surface area contributed by atoms with Crippen LogP contribution in [-0.2, 0) is 11.8 Å². The first-order chi connectivity index (χ1) is 19.2. The maximum Gasteiger partial charge on any atom is 0.262 e. The Morgan fingerprint density at radius 2 is 2.08 bits per heavy atom. The quantitative estimate of drug-likeness (QED) is 0.320. The van der Waals surface area contributed by atoms with Gasteiger partial charge in [0.15, 0.2) is 0 Å². The van der Waals surface area contributed by atoms with E-state index in [2.05, 4.69) is 35.6 Å². The van der Waals surface area contributed by atoms with Gasteiger partial charge in [0.25, 0.3) is 11.8 Å². The van der Waals surface area contributed by atoms with Crippen LogP contribution in [0.1, 0.15) is 12.8 Å². The van der Waals surface area contributed by atoms with Crippen molar-refractivity contribution in [2.75, 3.05) is 44.4 Å². The molecule has 2 fully saturated rings. The Kier molecular flexibility index (Phi) is 6.62. The van der Waals surface area contributed by atoms with E-state index in [4.69, 9.17) is 4.74 Å². The minimum Gasteiger partial charge on any atom is -0.478 e. The Hall–Kier alpha value is -4.10. The number of methoxy groups -OCH3 is 1. The van der Waals surface area contributed by atoms with Gasteiger partial charge in [0.2, 0.25) is 11.9 Å². The first-order valence-corrected chi connectivity index (χ1v) is 13.1. The molecule has 0 saturated carbocycles. The summed E-state index contributed by atoms with van der Waals surface area (Å²) in [5.41, 5.74) is 3.30. The van der Waals surface area contributed by atoms with E-state index in [0.717, 1.165) is 23.9 Å². The number of anilines is 3. The molecule has 0 unspecified atom stereocenters. The molecule has 2 saturated heterocycles. The molecule has 13 heteroatoms. The van der Waals surface area contributed by atoms with Crippen molar-refractivity contribution in [3.63, 3.8) is 0 Å². The molecule has 6 rings (SSSR count). The summed E-state index contributed by atoms with van der Waals surface area (Å²) in [5.74, 6) is -2.54. The predicted octanol–water partition coefficient (Wildman–Crippen LogP) is 3.46. The number of nitrogens with one attached hydrogen (secondary N) is 3. The molecular weight excluding hydrogens is 520 g/mol. The molecule has 4 aromatic rings. The van der Waals surface area contributed by atoms with Crippen molar-refractivity contribution in [2.45, 2.75) is 30.8 Å². The standard InChI is InChI=1S/C27H31F2N9O2/c1-36-10-8-16(13-36)38-15-27(28,29)11-22(38)24(39)32-20-6-4-5-17-18(12-31-23(17)20)19-7-9-30-26(33-19)34-21-14-37(2)35-25(21)40-3/h4-7,9,12,14,16,22,31H,8,10-11,13,15H2,1-3H3,(H,32,39)(H,30,33,34)/t16-,22-/m1/s1. The van der Waals surface area contributed by atoms with Crippen molar-refractivity contribution in [2.24, 2.45) is 7.05 Å². The highest BCUT2D eigenvalue weighted by molar-refractivity contribution is 6.06. The summed E-state index contributed by atoms with van der Waals surface area (Å²) in [7, 11) is 5.30. The number of amides is 1. The molecule has 5 heterocycles. The number of alkyl halides is 2. The number of para-hydroxylation sites is 1. The molecule has 2 atom stereocenters. The number of carbonyl (C=O) groups is 1. The van der Waals surface area contributed by atoms with Gasteiger partial charge in [0.05, 0.1) is 42.8 Å². The lowest BCUT2D eigenvalue weighted by Crippen LogP contribution is -2.46. The Balaban J connectivity index is 1.25.